The molecule has 3 rings (SSSR count). The molecular weight excluding hydrogens is 428 g/mol. The molecule has 27 heavy (non-hydrogen) atoms. The van der Waals surface area contributed by atoms with Crippen LogP contribution in [-0.4, -0.2) is 39.4 Å². The van der Waals surface area contributed by atoms with Crippen molar-refractivity contribution in [3.8, 4) is 5.75 Å². The average molecular weight is 449 g/mol. The summed E-state index contributed by atoms with van der Waals surface area (Å²) in [6, 6.07) is 5.81. The van der Waals surface area contributed by atoms with E-state index >= 15 is 0 Å². The van der Waals surface area contributed by atoms with Gasteiger partial charge in [0, 0.05) is 18.3 Å². The number of benzene rings is 1. The lowest BCUT2D eigenvalue weighted by atomic mass is 10.1. The Morgan fingerprint density at radius 3 is 2.89 bits per heavy atom. The third kappa shape index (κ3) is 4.56. The zero-order valence-corrected chi connectivity index (χ0v) is 17.6. The van der Waals surface area contributed by atoms with Crippen LogP contribution >= 0.6 is 28.1 Å². The molecule has 2 heterocycles. The fourth-order valence-electron chi connectivity index (χ4n) is 2.87. The first kappa shape index (κ1) is 19.6. The van der Waals surface area contributed by atoms with Crippen LogP contribution in [0.2, 0.25) is 0 Å². The molecule has 1 N–H and O–H groups in total. The topological polar surface area (TPSA) is 59.4 Å². The van der Waals surface area contributed by atoms with Gasteiger partial charge < -0.3 is 10.1 Å². The molecule has 1 aliphatic heterocycles. The van der Waals surface area contributed by atoms with Crippen LogP contribution in [-0.2, 0) is 11.3 Å². The van der Waals surface area contributed by atoms with E-state index in [1.54, 1.807) is 18.2 Å². The van der Waals surface area contributed by atoms with Crippen molar-refractivity contribution in [1.82, 2.24) is 20.0 Å². The van der Waals surface area contributed by atoms with E-state index in [2.05, 4.69) is 33.3 Å². The Morgan fingerprint density at radius 2 is 2.22 bits per heavy atom. The second kappa shape index (κ2) is 8.67. The lowest BCUT2D eigenvalue weighted by molar-refractivity contribution is -0.122. The third-order valence-corrected chi connectivity index (χ3v) is 4.98. The zero-order chi connectivity index (χ0) is 19.4. The zero-order valence-electron chi connectivity index (χ0n) is 15.2. The van der Waals surface area contributed by atoms with Crippen LogP contribution in [0.15, 0.2) is 40.8 Å². The van der Waals surface area contributed by atoms with Crippen molar-refractivity contribution in [3.63, 3.8) is 0 Å². The summed E-state index contributed by atoms with van der Waals surface area (Å²) in [5.41, 5.74) is 2.36. The molecule has 1 amide bonds. The van der Waals surface area contributed by atoms with Gasteiger partial charge in [0.15, 0.2) is 5.11 Å². The summed E-state index contributed by atoms with van der Waals surface area (Å²) in [5, 5.41) is 7.78. The predicted octanol–water partition coefficient (Wildman–Crippen LogP) is 3.56. The van der Waals surface area contributed by atoms with Crippen LogP contribution in [0.1, 0.15) is 30.9 Å². The number of halogens is 1. The maximum atomic E-state index is 12.6. The molecule has 0 radical (unpaired) electrons. The van der Waals surface area contributed by atoms with Gasteiger partial charge in [-0.05, 0) is 58.3 Å². The Labute approximate surface area is 172 Å². The standard InChI is InChI=1S/C19H21BrN4O2S/c1-3-4-7-24-18(25)16(22-19(24)27)9-13-5-6-17(26-2)14(8-13)11-23-12-15(20)10-21-23/h5-6,8-10,12H,3-4,7,11H2,1-2H3,(H,22,27)/b16-9+. The minimum Gasteiger partial charge on any atom is -0.496 e. The molecule has 8 heteroatoms. The van der Waals surface area contributed by atoms with E-state index in [1.165, 1.54) is 0 Å². The molecule has 0 saturated carbocycles. The number of rotatable bonds is 7. The Hall–Kier alpha value is -2.19. The maximum Gasteiger partial charge on any atom is 0.276 e. The number of carbonyl (C=O) groups excluding carboxylic acids is 1. The molecule has 0 unspecified atom stereocenters. The van der Waals surface area contributed by atoms with E-state index in [0.717, 1.165) is 34.2 Å². The predicted molar refractivity (Wildman–Crippen MR) is 112 cm³/mol. The number of aromatic nitrogens is 2. The van der Waals surface area contributed by atoms with Crippen molar-refractivity contribution in [3.05, 3.63) is 51.9 Å². The SMILES string of the molecule is CCCCN1C(=O)/C(=C\c2ccc(OC)c(Cn3cc(Br)cn3)c2)NC1=S. The van der Waals surface area contributed by atoms with Gasteiger partial charge in [0.05, 0.1) is 24.3 Å². The molecular formula is C19H21BrN4O2S. The molecule has 1 fully saturated rings. The minimum absolute atomic E-state index is 0.0816. The minimum atomic E-state index is -0.0816. The van der Waals surface area contributed by atoms with Gasteiger partial charge in [-0.15, -0.1) is 0 Å². The highest BCUT2D eigenvalue weighted by Gasteiger charge is 2.29. The summed E-state index contributed by atoms with van der Waals surface area (Å²) >= 11 is 8.70. The van der Waals surface area contributed by atoms with Gasteiger partial charge in [-0.1, -0.05) is 19.4 Å². The molecule has 6 nitrogen and oxygen atoms in total. The van der Waals surface area contributed by atoms with Crippen LogP contribution in [0, 0.1) is 0 Å². The lowest BCUT2D eigenvalue weighted by Gasteiger charge is -2.12. The summed E-state index contributed by atoms with van der Waals surface area (Å²) in [4.78, 5) is 14.2. The second-order valence-electron chi connectivity index (χ2n) is 6.23. The first-order valence-corrected chi connectivity index (χ1v) is 9.91. The summed E-state index contributed by atoms with van der Waals surface area (Å²) in [6.07, 6.45) is 7.40. The van der Waals surface area contributed by atoms with Gasteiger partial charge in [0.1, 0.15) is 11.4 Å². The highest BCUT2D eigenvalue weighted by atomic mass is 79.9. The fourth-order valence-corrected chi connectivity index (χ4v) is 3.48. The molecule has 0 aliphatic carbocycles. The van der Waals surface area contributed by atoms with Crippen molar-refractivity contribution >= 4 is 45.2 Å². The van der Waals surface area contributed by atoms with Gasteiger partial charge in [-0.25, -0.2) is 0 Å². The van der Waals surface area contributed by atoms with Gasteiger partial charge in [0.2, 0.25) is 0 Å². The van der Waals surface area contributed by atoms with Gasteiger partial charge in [-0.2, -0.15) is 5.10 Å². The Balaban J connectivity index is 1.84. The Bertz CT molecular complexity index is 894. The van der Waals surface area contributed by atoms with Crippen LogP contribution in [0.4, 0.5) is 0 Å². The molecule has 1 aliphatic rings. The van der Waals surface area contributed by atoms with Gasteiger partial charge in [-0.3, -0.25) is 14.4 Å². The summed E-state index contributed by atoms with van der Waals surface area (Å²) in [5.74, 6) is 0.691. The highest BCUT2D eigenvalue weighted by Crippen LogP contribution is 2.24. The molecule has 2 aromatic rings. The average Bonchev–Trinajstić information content (AvgIpc) is 3.17. The number of hydrogen-bond acceptors (Lipinski definition) is 4. The quantitative estimate of drug-likeness (QED) is 0.518. The lowest BCUT2D eigenvalue weighted by Crippen LogP contribution is -2.31. The Kier molecular flexibility index (Phi) is 6.28. The number of methoxy groups -OCH3 is 1. The third-order valence-electron chi connectivity index (χ3n) is 4.25. The number of thiocarbonyl (C=S) groups is 1. The normalized spacial score (nSPS) is 15.5. The van der Waals surface area contributed by atoms with Crippen molar-refractivity contribution in [1.29, 1.82) is 0 Å². The largest absolute Gasteiger partial charge is 0.496 e. The first-order chi connectivity index (χ1) is 13.0. The number of nitrogens with zero attached hydrogens (tertiary/aromatic N) is 3. The molecule has 1 aromatic carbocycles. The van der Waals surface area contributed by atoms with Gasteiger partial charge >= 0.3 is 0 Å². The van der Waals surface area contributed by atoms with Crippen molar-refractivity contribution in [2.75, 3.05) is 13.7 Å². The highest BCUT2D eigenvalue weighted by molar-refractivity contribution is 9.10. The fraction of sp³-hybridized carbons (Fsp3) is 0.316. The van der Waals surface area contributed by atoms with Crippen LogP contribution in [0.3, 0.4) is 0 Å². The van der Waals surface area contributed by atoms with E-state index in [4.69, 9.17) is 17.0 Å². The van der Waals surface area contributed by atoms with Crippen LogP contribution < -0.4 is 10.1 Å². The summed E-state index contributed by atoms with van der Waals surface area (Å²) in [7, 11) is 1.64. The van der Waals surface area contributed by atoms with Crippen molar-refractivity contribution in [2.45, 2.75) is 26.3 Å². The van der Waals surface area contributed by atoms with E-state index in [1.807, 2.05) is 35.2 Å². The molecule has 0 bridgehead atoms. The number of unbranched alkanes of at least 4 members (excludes halogenated alkanes) is 1. The number of hydrogen-bond donors (Lipinski definition) is 1. The van der Waals surface area contributed by atoms with Crippen LogP contribution in [0.5, 0.6) is 5.75 Å². The molecule has 1 aromatic heterocycles. The molecule has 142 valence electrons. The smallest absolute Gasteiger partial charge is 0.276 e. The number of nitrogens with one attached hydrogen (secondary N) is 1. The second-order valence-corrected chi connectivity index (χ2v) is 7.53. The summed E-state index contributed by atoms with van der Waals surface area (Å²) in [6.45, 7) is 3.29. The van der Waals surface area contributed by atoms with Crippen molar-refractivity contribution < 1.29 is 9.53 Å². The number of ether oxygens (including phenoxy) is 1. The van der Waals surface area contributed by atoms with E-state index < -0.39 is 0 Å². The summed E-state index contributed by atoms with van der Waals surface area (Å²) < 4.78 is 8.20. The number of carbonyl (C=O) groups is 1. The van der Waals surface area contributed by atoms with E-state index in [9.17, 15) is 4.79 Å². The molecule has 1 saturated heterocycles. The number of amides is 1. The van der Waals surface area contributed by atoms with Crippen molar-refractivity contribution in [2.24, 2.45) is 0 Å². The first-order valence-electron chi connectivity index (χ1n) is 8.71. The van der Waals surface area contributed by atoms with E-state index in [0.29, 0.717) is 23.9 Å². The molecule has 0 spiro atoms. The maximum absolute atomic E-state index is 12.6. The Morgan fingerprint density at radius 1 is 1.41 bits per heavy atom. The van der Waals surface area contributed by atoms with E-state index in [-0.39, 0.29) is 5.91 Å². The molecule has 0 atom stereocenters. The monoisotopic (exact) mass is 448 g/mol. The van der Waals surface area contributed by atoms with Gasteiger partial charge in [0.25, 0.3) is 5.91 Å². The van der Waals surface area contributed by atoms with Crippen LogP contribution in [0.25, 0.3) is 6.08 Å².